The van der Waals surface area contributed by atoms with Gasteiger partial charge in [0.05, 0.1) is 23.9 Å². The maximum atomic E-state index is 12.5. The molecule has 1 fully saturated rings. The van der Waals surface area contributed by atoms with Crippen molar-refractivity contribution in [2.45, 2.75) is 25.3 Å². The van der Waals surface area contributed by atoms with E-state index >= 15 is 0 Å². The fraction of sp³-hybridized carbons (Fsp3) is 0.312. The molecule has 1 heterocycles. The average molecular weight is 283 g/mol. The average Bonchev–Trinajstić information content (AvgIpc) is 3.28. The molecule has 0 spiro atoms. The highest BCUT2D eigenvalue weighted by Crippen LogP contribution is 2.44. The maximum absolute atomic E-state index is 12.5. The van der Waals surface area contributed by atoms with Crippen molar-refractivity contribution in [1.29, 1.82) is 0 Å². The van der Waals surface area contributed by atoms with Gasteiger partial charge in [0.15, 0.2) is 0 Å². The largest absolute Gasteiger partial charge is 0.496 e. The zero-order chi connectivity index (χ0) is 14.9. The van der Waals surface area contributed by atoms with Gasteiger partial charge in [0.25, 0.3) is 5.91 Å². The van der Waals surface area contributed by atoms with Gasteiger partial charge in [-0.25, -0.2) is 9.97 Å². The van der Waals surface area contributed by atoms with Crippen LogP contribution in [-0.4, -0.2) is 23.0 Å². The molecule has 1 aromatic carbocycles. The van der Waals surface area contributed by atoms with Crippen LogP contribution in [0.15, 0.2) is 36.8 Å². The molecule has 1 aromatic heterocycles. The van der Waals surface area contributed by atoms with E-state index in [4.69, 9.17) is 4.74 Å². The molecule has 0 bridgehead atoms. The molecule has 5 nitrogen and oxygen atoms in total. The Morgan fingerprint density at radius 1 is 1.33 bits per heavy atom. The second-order valence-electron chi connectivity index (χ2n) is 5.33. The van der Waals surface area contributed by atoms with Gasteiger partial charge in [-0.3, -0.25) is 4.79 Å². The van der Waals surface area contributed by atoms with Crippen molar-refractivity contribution in [2.24, 2.45) is 0 Å². The molecule has 2 aromatic rings. The van der Waals surface area contributed by atoms with E-state index in [2.05, 4.69) is 15.3 Å². The predicted molar refractivity (Wildman–Crippen MR) is 78.1 cm³/mol. The lowest BCUT2D eigenvalue weighted by Crippen LogP contribution is -2.35. The lowest BCUT2D eigenvalue weighted by atomic mass is 10.1. The zero-order valence-corrected chi connectivity index (χ0v) is 12.1. The first-order valence-electron chi connectivity index (χ1n) is 6.88. The summed E-state index contributed by atoms with van der Waals surface area (Å²) < 4.78 is 5.30. The fourth-order valence-electron chi connectivity index (χ4n) is 2.41. The molecular formula is C16H17N3O2. The van der Waals surface area contributed by atoms with Crippen LogP contribution in [0, 0.1) is 6.92 Å². The van der Waals surface area contributed by atoms with Crippen LogP contribution >= 0.6 is 0 Å². The van der Waals surface area contributed by atoms with Crippen LogP contribution in [0.25, 0.3) is 0 Å². The number of carbonyl (C=O) groups is 1. The Morgan fingerprint density at radius 2 is 2.14 bits per heavy atom. The van der Waals surface area contributed by atoms with Crippen LogP contribution < -0.4 is 10.1 Å². The normalized spacial score (nSPS) is 15.3. The fourth-order valence-corrected chi connectivity index (χ4v) is 2.41. The summed E-state index contributed by atoms with van der Waals surface area (Å²) in [5, 5.41) is 3.08. The number of hydrogen-bond acceptors (Lipinski definition) is 4. The number of ether oxygens (including phenoxy) is 1. The number of nitrogens with one attached hydrogen (secondary N) is 1. The molecule has 0 aliphatic heterocycles. The number of rotatable bonds is 4. The number of hydrogen-bond donors (Lipinski definition) is 1. The minimum Gasteiger partial charge on any atom is -0.496 e. The van der Waals surface area contributed by atoms with E-state index in [0.29, 0.717) is 11.3 Å². The number of aromatic nitrogens is 2. The minimum absolute atomic E-state index is 0.136. The van der Waals surface area contributed by atoms with Gasteiger partial charge in [-0.1, -0.05) is 6.07 Å². The summed E-state index contributed by atoms with van der Waals surface area (Å²) in [6.45, 7) is 1.97. The van der Waals surface area contributed by atoms with E-state index in [1.54, 1.807) is 19.4 Å². The molecule has 1 saturated carbocycles. The number of benzene rings is 1. The van der Waals surface area contributed by atoms with Crippen LogP contribution in [0.3, 0.4) is 0 Å². The van der Waals surface area contributed by atoms with E-state index in [1.807, 2.05) is 25.1 Å². The first-order chi connectivity index (χ1) is 10.1. The number of amides is 1. The monoisotopic (exact) mass is 283 g/mol. The Morgan fingerprint density at radius 3 is 2.76 bits per heavy atom. The van der Waals surface area contributed by atoms with Crippen molar-refractivity contribution >= 4 is 5.91 Å². The molecule has 1 N–H and O–H groups in total. The summed E-state index contributed by atoms with van der Waals surface area (Å²) in [6, 6.07) is 7.40. The van der Waals surface area contributed by atoms with Crippen LogP contribution in [0.4, 0.5) is 0 Å². The number of aryl methyl sites for hydroxylation is 1. The summed E-state index contributed by atoms with van der Waals surface area (Å²) in [4.78, 5) is 20.7. The second-order valence-corrected chi connectivity index (χ2v) is 5.33. The van der Waals surface area contributed by atoms with Crippen LogP contribution in [0.5, 0.6) is 5.75 Å². The van der Waals surface area contributed by atoms with Gasteiger partial charge in [-0.05, 0) is 43.5 Å². The first-order valence-corrected chi connectivity index (χ1v) is 6.88. The smallest absolute Gasteiger partial charge is 0.255 e. The van der Waals surface area contributed by atoms with Gasteiger partial charge in [0, 0.05) is 6.20 Å². The molecule has 0 radical (unpaired) electrons. The zero-order valence-electron chi connectivity index (χ0n) is 12.1. The van der Waals surface area contributed by atoms with Crippen molar-refractivity contribution in [2.75, 3.05) is 7.11 Å². The standard InChI is InChI=1S/C16H17N3O2/c1-11-3-4-12(13(9-11)21-2)15(20)19-16(6-7-16)14-5-8-17-10-18-14/h3-5,8-10H,6-7H2,1-2H3,(H,19,20). The Labute approximate surface area is 123 Å². The lowest BCUT2D eigenvalue weighted by molar-refractivity contribution is 0.0926. The number of carbonyl (C=O) groups excluding carboxylic acids is 1. The third kappa shape index (κ3) is 2.59. The lowest BCUT2D eigenvalue weighted by Gasteiger charge is -2.18. The van der Waals surface area contributed by atoms with Gasteiger partial charge < -0.3 is 10.1 Å². The number of methoxy groups -OCH3 is 1. The molecule has 21 heavy (non-hydrogen) atoms. The Balaban J connectivity index is 1.84. The Kier molecular flexibility index (Phi) is 3.33. The third-order valence-corrected chi connectivity index (χ3v) is 3.78. The van der Waals surface area contributed by atoms with Gasteiger partial charge in [0.2, 0.25) is 0 Å². The van der Waals surface area contributed by atoms with Gasteiger partial charge in [0.1, 0.15) is 12.1 Å². The van der Waals surface area contributed by atoms with Gasteiger partial charge in [-0.15, -0.1) is 0 Å². The summed E-state index contributed by atoms with van der Waals surface area (Å²) in [5.41, 5.74) is 2.11. The van der Waals surface area contributed by atoms with Crippen molar-refractivity contribution < 1.29 is 9.53 Å². The molecule has 0 unspecified atom stereocenters. The molecule has 1 aliphatic rings. The first kappa shape index (κ1) is 13.5. The van der Waals surface area contributed by atoms with Crippen LogP contribution in [0.2, 0.25) is 0 Å². The molecule has 1 aliphatic carbocycles. The highest BCUT2D eigenvalue weighted by atomic mass is 16.5. The summed E-state index contributed by atoms with van der Waals surface area (Å²) in [6.07, 6.45) is 4.99. The predicted octanol–water partition coefficient (Wildman–Crippen LogP) is 2.21. The minimum atomic E-state index is -0.351. The maximum Gasteiger partial charge on any atom is 0.255 e. The van der Waals surface area contributed by atoms with Crippen molar-refractivity contribution in [3.8, 4) is 5.75 Å². The van der Waals surface area contributed by atoms with E-state index in [1.165, 1.54) is 6.33 Å². The molecule has 3 rings (SSSR count). The van der Waals surface area contributed by atoms with Crippen molar-refractivity contribution in [3.63, 3.8) is 0 Å². The quantitative estimate of drug-likeness (QED) is 0.934. The van der Waals surface area contributed by atoms with E-state index in [0.717, 1.165) is 24.1 Å². The second kappa shape index (κ2) is 5.16. The molecular weight excluding hydrogens is 266 g/mol. The molecule has 1 amide bonds. The van der Waals surface area contributed by atoms with E-state index < -0.39 is 0 Å². The van der Waals surface area contributed by atoms with E-state index in [9.17, 15) is 4.79 Å². The Bertz CT molecular complexity index is 666. The van der Waals surface area contributed by atoms with E-state index in [-0.39, 0.29) is 11.4 Å². The van der Waals surface area contributed by atoms with Gasteiger partial charge >= 0.3 is 0 Å². The topological polar surface area (TPSA) is 64.1 Å². The Hall–Kier alpha value is -2.43. The third-order valence-electron chi connectivity index (χ3n) is 3.78. The summed E-state index contributed by atoms with van der Waals surface area (Å²) >= 11 is 0. The van der Waals surface area contributed by atoms with Crippen LogP contribution in [-0.2, 0) is 5.54 Å². The summed E-state index contributed by atoms with van der Waals surface area (Å²) in [5.74, 6) is 0.453. The highest BCUT2D eigenvalue weighted by Gasteiger charge is 2.47. The van der Waals surface area contributed by atoms with Gasteiger partial charge in [-0.2, -0.15) is 0 Å². The number of nitrogens with zero attached hydrogens (tertiary/aromatic N) is 2. The highest BCUT2D eigenvalue weighted by molar-refractivity contribution is 5.97. The molecule has 5 heteroatoms. The van der Waals surface area contributed by atoms with Crippen molar-refractivity contribution in [3.05, 3.63) is 53.6 Å². The molecule has 0 saturated heterocycles. The molecule has 108 valence electrons. The van der Waals surface area contributed by atoms with Crippen LogP contribution in [0.1, 0.15) is 34.5 Å². The SMILES string of the molecule is COc1cc(C)ccc1C(=O)NC1(c2ccncn2)CC1. The van der Waals surface area contributed by atoms with Crippen molar-refractivity contribution in [1.82, 2.24) is 15.3 Å². The summed E-state index contributed by atoms with van der Waals surface area (Å²) in [7, 11) is 1.57. The molecule has 0 atom stereocenters.